The van der Waals surface area contributed by atoms with Crippen LogP contribution in [0.3, 0.4) is 0 Å². The van der Waals surface area contributed by atoms with Crippen LogP contribution in [-0.4, -0.2) is 29.7 Å². The first kappa shape index (κ1) is 28.4. The van der Waals surface area contributed by atoms with Gasteiger partial charge < -0.3 is 19.9 Å². The van der Waals surface area contributed by atoms with Gasteiger partial charge in [-0.1, -0.05) is 55.9 Å². The molecule has 1 aliphatic carbocycles. The lowest BCUT2D eigenvalue weighted by Crippen LogP contribution is -2.22. The van der Waals surface area contributed by atoms with Crippen molar-refractivity contribution >= 4 is 23.1 Å². The second kappa shape index (κ2) is 12.5. The molecule has 0 spiro atoms. The zero-order valence-corrected chi connectivity index (χ0v) is 23.2. The molecule has 7 nitrogen and oxygen atoms in total. The predicted molar refractivity (Wildman–Crippen MR) is 155 cm³/mol. The molecule has 40 heavy (non-hydrogen) atoms. The highest BCUT2D eigenvalue weighted by molar-refractivity contribution is 6.06. The van der Waals surface area contributed by atoms with Gasteiger partial charge in [0.1, 0.15) is 23.7 Å². The molecule has 1 heterocycles. The van der Waals surface area contributed by atoms with Crippen molar-refractivity contribution in [3.63, 3.8) is 0 Å². The van der Waals surface area contributed by atoms with E-state index in [1.54, 1.807) is 24.3 Å². The molecule has 1 amide bonds. The number of anilines is 1. The van der Waals surface area contributed by atoms with Crippen molar-refractivity contribution in [1.29, 1.82) is 5.26 Å². The maximum Gasteiger partial charge on any atom is 0.311 e. The number of carbonyl (C=O) groups excluding carboxylic acids is 1. The molecule has 206 valence electrons. The number of nitriles is 1. The fraction of sp³-hybridized carbons (Fsp3) is 0.303. The molecule has 0 saturated heterocycles. The van der Waals surface area contributed by atoms with Crippen LogP contribution < -0.4 is 14.8 Å². The zero-order chi connectivity index (χ0) is 28.8. The Morgan fingerprint density at radius 1 is 1.20 bits per heavy atom. The Balaban J connectivity index is 1.41. The van der Waals surface area contributed by atoms with Crippen molar-refractivity contribution in [1.82, 2.24) is 0 Å². The molecule has 2 unspecified atom stereocenters. The quantitative estimate of drug-likeness (QED) is 0.358. The SMILES string of the molecule is C/C(=C/C=C(\C)c1cccc(NC(=O)C2=CCC(Oc3cc4c(cc3C#N)C(C(=O)O)CCO4)C=C2)c1)C(C)C. The molecule has 2 aromatic rings. The third-order valence-corrected chi connectivity index (χ3v) is 7.25. The summed E-state index contributed by atoms with van der Waals surface area (Å²) < 4.78 is 11.7. The Hall–Kier alpha value is -4.57. The first-order valence-corrected chi connectivity index (χ1v) is 13.4. The number of nitrogens with one attached hydrogen (secondary N) is 1. The average Bonchev–Trinajstić information content (AvgIpc) is 2.95. The van der Waals surface area contributed by atoms with E-state index in [2.05, 4.69) is 51.2 Å². The van der Waals surface area contributed by atoms with Crippen LogP contribution in [-0.2, 0) is 9.59 Å². The average molecular weight is 539 g/mol. The topological polar surface area (TPSA) is 109 Å². The molecule has 1 aliphatic heterocycles. The largest absolute Gasteiger partial charge is 0.493 e. The first-order valence-electron chi connectivity index (χ1n) is 13.4. The molecule has 2 atom stereocenters. The summed E-state index contributed by atoms with van der Waals surface area (Å²) in [5, 5.41) is 22.1. The summed E-state index contributed by atoms with van der Waals surface area (Å²) >= 11 is 0. The highest BCUT2D eigenvalue weighted by Crippen LogP contribution is 2.39. The number of benzene rings is 2. The van der Waals surface area contributed by atoms with E-state index in [1.165, 1.54) is 11.6 Å². The molecule has 2 N–H and O–H groups in total. The number of rotatable bonds is 8. The summed E-state index contributed by atoms with van der Waals surface area (Å²) in [6.45, 7) is 8.78. The van der Waals surface area contributed by atoms with Crippen LogP contribution in [0.15, 0.2) is 77.9 Å². The normalized spacial score (nSPS) is 18.8. The molecule has 0 radical (unpaired) electrons. The Bertz CT molecular complexity index is 1470. The molecular weight excluding hydrogens is 504 g/mol. The van der Waals surface area contributed by atoms with Gasteiger partial charge in [0.15, 0.2) is 0 Å². The summed E-state index contributed by atoms with van der Waals surface area (Å²) in [5.41, 5.74) is 5.40. The molecule has 2 aliphatic rings. The Kier molecular flexibility index (Phi) is 8.90. The summed E-state index contributed by atoms with van der Waals surface area (Å²) in [6, 6.07) is 13.0. The molecule has 0 saturated carbocycles. The number of carboxylic acid groups (broad SMARTS) is 1. The molecule has 2 aromatic carbocycles. The fourth-order valence-corrected chi connectivity index (χ4v) is 4.47. The minimum atomic E-state index is -0.944. The third-order valence-electron chi connectivity index (χ3n) is 7.25. The van der Waals surface area contributed by atoms with Crippen molar-refractivity contribution in [2.24, 2.45) is 5.92 Å². The maximum atomic E-state index is 12.9. The molecule has 4 rings (SSSR count). The van der Waals surface area contributed by atoms with E-state index in [0.29, 0.717) is 47.1 Å². The highest BCUT2D eigenvalue weighted by atomic mass is 16.5. The van der Waals surface area contributed by atoms with E-state index >= 15 is 0 Å². The number of hydrogen-bond donors (Lipinski definition) is 2. The zero-order valence-electron chi connectivity index (χ0n) is 23.2. The second-order valence-corrected chi connectivity index (χ2v) is 10.4. The van der Waals surface area contributed by atoms with Gasteiger partial charge in [0.25, 0.3) is 5.91 Å². The van der Waals surface area contributed by atoms with Gasteiger partial charge in [0.2, 0.25) is 0 Å². The monoisotopic (exact) mass is 538 g/mol. The molecule has 7 heteroatoms. The van der Waals surface area contributed by atoms with Gasteiger partial charge in [-0.25, -0.2) is 0 Å². The lowest BCUT2D eigenvalue weighted by atomic mass is 9.91. The van der Waals surface area contributed by atoms with E-state index in [0.717, 1.165) is 11.1 Å². The Morgan fingerprint density at radius 3 is 2.67 bits per heavy atom. The maximum absolute atomic E-state index is 12.9. The van der Waals surface area contributed by atoms with Gasteiger partial charge in [-0.3, -0.25) is 9.59 Å². The fourth-order valence-electron chi connectivity index (χ4n) is 4.47. The van der Waals surface area contributed by atoms with E-state index in [-0.39, 0.29) is 24.2 Å². The predicted octanol–water partition coefficient (Wildman–Crippen LogP) is 6.79. The number of hydrogen-bond acceptors (Lipinski definition) is 5. The highest BCUT2D eigenvalue weighted by Gasteiger charge is 2.29. The van der Waals surface area contributed by atoms with E-state index < -0.39 is 11.9 Å². The number of allylic oxidation sites excluding steroid dienone is 4. The van der Waals surface area contributed by atoms with E-state index in [1.807, 2.05) is 24.3 Å². The van der Waals surface area contributed by atoms with Crippen LogP contribution >= 0.6 is 0 Å². The van der Waals surface area contributed by atoms with Crippen molar-refractivity contribution in [2.45, 2.75) is 52.6 Å². The van der Waals surface area contributed by atoms with E-state index in [4.69, 9.17) is 9.47 Å². The molecule has 0 aromatic heterocycles. The van der Waals surface area contributed by atoms with Gasteiger partial charge in [0.05, 0.1) is 18.1 Å². The van der Waals surface area contributed by atoms with Crippen LogP contribution in [0, 0.1) is 17.2 Å². The van der Waals surface area contributed by atoms with Crippen molar-refractivity contribution in [3.05, 3.63) is 94.6 Å². The smallest absolute Gasteiger partial charge is 0.311 e. The third kappa shape index (κ3) is 6.70. The summed E-state index contributed by atoms with van der Waals surface area (Å²) in [6.07, 6.45) is 9.91. The van der Waals surface area contributed by atoms with E-state index in [9.17, 15) is 20.0 Å². The minimum Gasteiger partial charge on any atom is -0.493 e. The molecular formula is C33H34N2O5. The number of amides is 1. The van der Waals surface area contributed by atoms with Gasteiger partial charge >= 0.3 is 5.97 Å². The van der Waals surface area contributed by atoms with Crippen LogP contribution in [0.25, 0.3) is 5.57 Å². The number of fused-ring (bicyclic) bond motifs is 1. The van der Waals surface area contributed by atoms with Crippen molar-refractivity contribution in [2.75, 3.05) is 11.9 Å². The minimum absolute atomic E-state index is 0.219. The number of ether oxygens (including phenoxy) is 2. The standard InChI is InChI=1S/C33H34N2O5/c1-20(2)21(3)8-9-22(4)24-6-5-7-26(16-24)35-32(36)23-10-12-27(13-11-23)40-30-18-31-29(17-25(30)19-34)28(33(37)38)14-15-39-31/h5-12,16-18,20,27-28H,13-15H2,1-4H3,(H,35,36)(H,37,38)/b21-8-,22-9+. The lowest BCUT2D eigenvalue weighted by molar-refractivity contribution is -0.139. The lowest BCUT2D eigenvalue weighted by Gasteiger charge is -2.25. The van der Waals surface area contributed by atoms with Crippen LogP contribution in [0.5, 0.6) is 11.5 Å². The van der Waals surface area contributed by atoms with Crippen molar-refractivity contribution in [3.8, 4) is 17.6 Å². The number of carbonyl (C=O) groups is 2. The van der Waals surface area contributed by atoms with Crippen LogP contribution in [0.2, 0.25) is 0 Å². The number of carboxylic acids is 1. The number of aliphatic carboxylic acids is 1. The second-order valence-electron chi connectivity index (χ2n) is 10.4. The molecule has 0 bridgehead atoms. The Morgan fingerprint density at radius 2 is 2.00 bits per heavy atom. The molecule has 0 fully saturated rings. The number of nitrogens with zero attached hydrogens (tertiary/aromatic N) is 1. The van der Waals surface area contributed by atoms with Gasteiger partial charge in [-0.2, -0.15) is 5.26 Å². The van der Waals surface area contributed by atoms with Crippen molar-refractivity contribution < 1.29 is 24.2 Å². The van der Waals surface area contributed by atoms with Crippen LogP contribution in [0.4, 0.5) is 5.69 Å². The van der Waals surface area contributed by atoms with Gasteiger partial charge in [-0.05, 0) is 61.6 Å². The first-order chi connectivity index (χ1) is 19.2. The summed E-state index contributed by atoms with van der Waals surface area (Å²) in [4.78, 5) is 24.6. The van der Waals surface area contributed by atoms with Crippen LogP contribution in [0.1, 0.15) is 63.1 Å². The summed E-state index contributed by atoms with van der Waals surface area (Å²) in [7, 11) is 0. The van der Waals surface area contributed by atoms with Gasteiger partial charge in [0, 0.05) is 29.3 Å². The Labute approximate surface area is 235 Å². The van der Waals surface area contributed by atoms with Gasteiger partial charge in [-0.15, -0.1) is 0 Å². The summed E-state index contributed by atoms with van der Waals surface area (Å²) in [5.74, 6) is -0.647.